The molecule has 2 rings (SSSR count). The minimum absolute atomic E-state index is 0.104. The van der Waals surface area contributed by atoms with Gasteiger partial charge in [0, 0.05) is 0 Å². The molecule has 1 aliphatic rings. The average Bonchev–Trinajstić information content (AvgIpc) is 2.25. The number of nitrogens with zero attached hydrogens (tertiary/aromatic N) is 2. The van der Waals surface area contributed by atoms with E-state index >= 15 is 0 Å². The molecule has 0 bridgehead atoms. The fourth-order valence-corrected chi connectivity index (χ4v) is 1.47. The molecule has 0 fully saturated rings. The minimum Gasteiger partial charge on any atom is -0.320 e. The van der Waals surface area contributed by atoms with Crippen LogP contribution in [-0.2, 0) is 4.79 Å². The van der Waals surface area contributed by atoms with E-state index in [0.717, 1.165) is 5.06 Å². The van der Waals surface area contributed by atoms with Crippen LogP contribution >= 0.6 is 0 Å². The number of hydrogen-bond acceptors (Lipinski definition) is 5. The fraction of sp³-hybridized carbons (Fsp3) is 0.222. The molecule has 0 aliphatic carbocycles. The number of nitroso groups, excluding NO2 is 1. The molecule has 1 aliphatic heterocycles. The Morgan fingerprint density at radius 2 is 2.27 bits per heavy atom. The first-order valence-corrected chi connectivity index (χ1v) is 4.40. The summed E-state index contributed by atoms with van der Waals surface area (Å²) < 4.78 is 0. The lowest BCUT2D eigenvalue weighted by Crippen LogP contribution is -2.44. The maximum atomic E-state index is 11.4. The van der Waals surface area contributed by atoms with E-state index in [9.17, 15) is 14.9 Å². The number of hydroxylamine groups is 1. The number of benzene rings is 1. The first-order valence-electron chi connectivity index (χ1n) is 4.40. The molecule has 0 saturated heterocycles. The summed E-state index contributed by atoms with van der Waals surface area (Å²) in [6.07, 6.45) is 0. The van der Waals surface area contributed by atoms with Crippen molar-refractivity contribution in [2.75, 3.05) is 10.4 Å². The highest BCUT2D eigenvalue weighted by Crippen LogP contribution is 2.38. The molecule has 1 heterocycles. The van der Waals surface area contributed by atoms with E-state index in [-0.39, 0.29) is 17.3 Å². The second-order valence-electron chi connectivity index (χ2n) is 3.27. The van der Waals surface area contributed by atoms with Crippen molar-refractivity contribution in [3.05, 3.63) is 23.1 Å². The van der Waals surface area contributed by atoms with Crippen LogP contribution in [0.25, 0.3) is 0 Å². The van der Waals surface area contributed by atoms with Crippen LogP contribution in [0.3, 0.4) is 0 Å². The van der Waals surface area contributed by atoms with Gasteiger partial charge < -0.3 is 5.32 Å². The molecule has 0 radical (unpaired) electrons. The van der Waals surface area contributed by atoms with Gasteiger partial charge in [-0.1, -0.05) is 6.07 Å². The molecule has 1 amide bonds. The van der Waals surface area contributed by atoms with Crippen molar-refractivity contribution in [1.82, 2.24) is 0 Å². The second-order valence-corrected chi connectivity index (χ2v) is 3.27. The van der Waals surface area contributed by atoms with Gasteiger partial charge in [0.1, 0.15) is 11.7 Å². The van der Waals surface area contributed by atoms with E-state index in [1.165, 1.54) is 6.07 Å². The van der Waals surface area contributed by atoms with Crippen molar-refractivity contribution in [3.63, 3.8) is 0 Å². The minimum atomic E-state index is -0.681. The zero-order valence-electron chi connectivity index (χ0n) is 7.97. The molecule has 6 heteroatoms. The van der Waals surface area contributed by atoms with Crippen molar-refractivity contribution < 1.29 is 10.0 Å². The Bertz CT molecular complexity index is 433. The van der Waals surface area contributed by atoms with E-state index in [1.54, 1.807) is 19.1 Å². The van der Waals surface area contributed by atoms with Gasteiger partial charge >= 0.3 is 0 Å². The summed E-state index contributed by atoms with van der Waals surface area (Å²) in [6.45, 7) is 1.55. The van der Waals surface area contributed by atoms with Gasteiger partial charge in [-0.2, -0.15) is 0 Å². The van der Waals surface area contributed by atoms with Gasteiger partial charge in [-0.3, -0.25) is 10.0 Å². The molecular formula is C9H9N3O3. The van der Waals surface area contributed by atoms with E-state index in [0.29, 0.717) is 5.69 Å². The summed E-state index contributed by atoms with van der Waals surface area (Å²) >= 11 is 0. The number of nitrogens with one attached hydrogen (secondary N) is 1. The third-order valence-electron chi connectivity index (χ3n) is 2.36. The van der Waals surface area contributed by atoms with Crippen molar-refractivity contribution in [2.24, 2.45) is 5.18 Å². The van der Waals surface area contributed by atoms with Crippen LogP contribution in [0.4, 0.5) is 17.1 Å². The highest BCUT2D eigenvalue weighted by molar-refractivity contribution is 6.05. The summed E-state index contributed by atoms with van der Waals surface area (Å²) in [5.74, 6) is -0.374. The van der Waals surface area contributed by atoms with E-state index in [1.807, 2.05) is 0 Å². The maximum absolute atomic E-state index is 11.4. The number of para-hydroxylation sites is 1. The van der Waals surface area contributed by atoms with E-state index < -0.39 is 6.04 Å². The predicted molar refractivity (Wildman–Crippen MR) is 54.3 cm³/mol. The molecule has 1 atom stereocenters. The number of carbonyl (C=O) groups is 1. The van der Waals surface area contributed by atoms with Crippen molar-refractivity contribution in [2.45, 2.75) is 13.0 Å². The molecule has 0 spiro atoms. The Labute approximate surface area is 85.4 Å². The average molecular weight is 207 g/mol. The number of anilines is 2. The second kappa shape index (κ2) is 3.32. The summed E-state index contributed by atoms with van der Waals surface area (Å²) in [7, 11) is 0. The first-order chi connectivity index (χ1) is 7.15. The van der Waals surface area contributed by atoms with Crippen LogP contribution in [0.15, 0.2) is 23.4 Å². The third kappa shape index (κ3) is 1.35. The summed E-state index contributed by atoms with van der Waals surface area (Å²) in [5.41, 5.74) is 0.726. The number of hydrogen-bond donors (Lipinski definition) is 2. The van der Waals surface area contributed by atoms with Crippen molar-refractivity contribution >= 4 is 23.0 Å². The Balaban J connectivity index is 2.58. The van der Waals surface area contributed by atoms with Gasteiger partial charge in [-0.15, -0.1) is 4.91 Å². The summed E-state index contributed by atoms with van der Waals surface area (Å²) in [6, 6.07) is 3.97. The monoisotopic (exact) mass is 207 g/mol. The SMILES string of the molecule is CC1C(=O)Nc2c(N=O)cccc2N1O. The Morgan fingerprint density at radius 3 is 2.93 bits per heavy atom. The molecule has 78 valence electrons. The van der Waals surface area contributed by atoms with Crippen LogP contribution in [0.5, 0.6) is 0 Å². The summed E-state index contributed by atoms with van der Waals surface area (Å²) in [4.78, 5) is 21.9. The number of rotatable bonds is 1. The smallest absolute Gasteiger partial charge is 0.249 e. The van der Waals surface area contributed by atoms with Crippen molar-refractivity contribution in [3.8, 4) is 0 Å². The van der Waals surface area contributed by atoms with E-state index in [4.69, 9.17) is 0 Å². The quantitative estimate of drug-likeness (QED) is 0.685. The van der Waals surface area contributed by atoms with Crippen LogP contribution in [-0.4, -0.2) is 17.2 Å². The maximum Gasteiger partial charge on any atom is 0.249 e. The highest BCUT2D eigenvalue weighted by atomic mass is 16.5. The van der Waals surface area contributed by atoms with Crippen LogP contribution in [0, 0.1) is 4.91 Å². The van der Waals surface area contributed by atoms with Crippen LogP contribution < -0.4 is 10.4 Å². The Kier molecular flexibility index (Phi) is 2.12. The lowest BCUT2D eigenvalue weighted by Gasteiger charge is -2.30. The third-order valence-corrected chi connectivity index (χ3v) is 2.36. The van der Waals surface area contributed by atoms with Crippen molar-refractivity contribution in [1.29, 1.82) is 0 Å². The van der Waals surface area contributed by atoms with E-state index in [2.05, 4.69) is 10.5 Å². The highest BCUT2D eigenvalue weighted by Gasteiger charge is 2.30. The first kappa shape index (κ1) is 9.60. The van der Waals surface area contributed by atoms with Gasteiger partial charge in [0.05, 0.1) is 11.4 Å². The van der Waals surface area contributed by atoms with Crippen LogP contribution in [0.2, 0.25) is 0 Å². The molecule has 2 N–H and O–H groups in total. The normalized spacial score (nSPS) is 19.5. The fourth-order valence-electron chi connectivity index (χ4n) is 1.47. The van der Waals surface area contributed by atoms with Gasteiger partial charge in [-0.25, -0.2) is 5.06 Å². The molecule has 1 aromatic rings. The lowest BCUT2D eigenvalue weighted by atomic mass is 10.1. The zero-order chi connectivity index (χ0) is 11.0. The van der Waals surface area contributed by atoms with Crippen LogP contribution in [0.1, 0.15) is 6.92 Å². The zero-order valence-corrected chi connectivity index (χ0v) is 7.97. The standard InChI is InChI=1S/C9H9N3O3/c1-5-9(13)10-8-6(11-14)3-2-4-7(8)12(5)15/h2-5,15H,1H3,(H,10,13). The molecule has 1 aromatic carbocycles. The Hall–Kier alpha value is -1.95. The Morgan fingerprint density at radius 1 is 1.53 bits per heavy atom. The predicted octanol–water partition coefficient (Wildman–Crippen LogP) is 1.62. The molecule has 0 saturated carbocycles. The number of amides is 1. The molecule has 1 unspecified atom stereocenters. The number of carbonyl (C=O) groups excluding carboxylic acids is 1. The summed E-state index contributed by atoms with van der Waals surface area (Å²) in [5, 5.41) is 15.8. The van der Waals surface area contributed by atoms with Gasteiger partial charge in [0.2, 0.25) is 5.91 Å². The molecule has 0 aromatic heterocycles. The molecule has 15 heavy (non-hydrogen) atoms. The largest absolute Gasteiger partial charge is 0.320 e. The van der Waals surface area contributed by atoms with Gasteiger partial charge in [0.25, 0.3) is 0 Å². The molecular weight excluding hydrogens is 198 g/mol. The topological polar surface area (TPSA) is 82.0 Å². The van der Waals surface area contributed by atoms with Gasteiger partial charge in [0.15, 0.2) is 0 Å². The van der Waals surface area contributed by atoms with Gasteiger partial charge in [-0.05, 0) is 24.2 Å². The molecule has 6 nitrogen and oxygen atoms in total. The lowest BCUT2D eigenvalue weighted by molar-refractivity contribution is -0.118. The number of fused-ring (bicyclic) bond motifs is 1.